The molecule has 0 heterocycles. The van der Waals surface area contributed by atoms with Gasteiger partial charge in [0, 0.05) is 6.42 Å². The molecule has 116 valence electrons. The van der Waals surface area contributed by atoms with Gasteiger partial charge in [0.15, 0.2) is 6.10 Å². The van der Waals surface area contributed by atoms with Gasteiger partial charge in [-0.2, -0.15) is 0 Å². The molecule has 2 rings (SSSR count). The molecule has 4 nitrogen and oxygen atoms in total. The minimum Gasteiger partial charge on any atom is -0.496 e. The number of carbonyl (C=O) groups is 1. The molecule has 0 fully saturated rings. The molecule has 0 radical (unpaired) electrons. The number of ether oxygens (including phenoxy) is 2. The zero-order chi connectivity index (χ0) is 16.1. The summed E-state index contributed by atoms with van der Waals surface area (Å²) >= 11 is 0. The predicted molar refractivity (Wildman–Crippen MR) is 84.7 cm³/mol. The lowest BCUT2D eigenvalue weighted by atomic mass is 10.1. The molecule has 4 heteroatoms. The summed E-state index contributed by atoms with van der Waals surface area (Å²) in [4.78, 5) is 11.5. The molecule has 1 atom stereocenters. The Morgan fingerprint density at radius 3 is 2.50 bits per heavy atom. The van der Waals surface area contributed by atoms with Crippen molar-refractivity contribution in [2.24, 2.45) is 0 Å². The van der Waals surface area contributed by atoms with Crippen LogP contribution in [0, 0.1) is 13.8 Å². The minimum absolute atomic E-state index is 0.242. The van der Waals surface area contributed by atoms with Crippen LogP contribution >= 0.6 is 0 Å². The first-order valence-electron chi connectivity index (χ1n) is 7.10. The molecule has 0 aromatic heterocycles. The van der Waals surface area contributed by atoms with Crippen molar-refractivity contribution in [3.05, 3.63) is 59.2 Å². The van der Waals surface area contributed by atoms with Crippen molar-refractivity contribution >= 4 is 5.97 Å². The van der Waals surface area contributed by atoms with Crippen LogP contribution in [-0.4, -0.2) is 24.3 Å². The fourth-order valence-corrected chi connectivity index (χ4v) is 2.20. The first-order chi connectivity index (χ1) is 10.5. The van der Waals surface area contributed by atoms with E-state index in [0.717, 1.165) is 16.7 Å². The highest BCUT2D eigenvalue weighted by molar-refractivity contribution is 5.73. The molecule has 0 saturated heterocycles. The van der Waals surface area contributed by atoms with Crippen LogP contribution in [0.2, 0.25) is 0 Å². The van der Waals surface area contributed by atoms with Crippen molar-refractivity contribution < 1.29 is 19.4 Å². The number of para-hydroxylation sites is 1. The van der Waals surface area contributed by atoms with Crippen molar-refractivity contribution in [3.63, 3.8) is 0 Å². The molecule has 0 bridgehead atoms. The van der Waals surface area contributed by atoms with E-state index in [1.807, 2.05) is 50.2 Å². The summed E-state index contributed by atoms with van der Waals surface area (Å²) in [5.74, 6) is 0.229. The van der Waals surface area contributed by atoms with Gasteiger partial charge in [-0.05, 0) is 48.7 Å². The second-order valence-corrected chi connectivity index (χ2v) is 5.21. The Morgan fingerprint density at radius 2 is 1.86 bits per heavy atom. The largest absolute Gasteiger partial charge is 0.496 e. The monoisotopic (exact) mass is 300 g/mol. The molecule has 2 aromatic rings. The molecule has 0 aliphatic rings. The summed E-state index contributed by atoms with van der Waals surface area (Å²) in [5, 5.41) is 9.42. The van der Waals surface area contributed by atoms with Crippen LogP contribution in [0.4, 0.5) is 0 Å². The van der Waals surface area contributed by atoms with E-state index in [2.05, 4.69) is 0 Å². The van der Waals surface area contributed by atoms with Crippen LogP contribution in [0.1, 0.15) is 16.7 Å². The molecule has 22 heavy (non-hydrogen) atoms. The van der Waals surface area contributed by atoms with Crippen molar-refractivity contribution in [1.82, 2.24) is 0 Å². The number of hydrogen-bond acceptors (Lipinski definition) is 3. The lowest BCUT2D eigenvalue weighted by Gasteiger charge is -2.17. The third kappa shape index (κ3) is 3.79. The van der Waals surface area contributed by atoms with Crippen LogP contribution in [0.3, 0.4) is 0 Å². The summed E-state index contributed by atoms with van der Waals surface area (Å²) in [6.45, 7) is 3.97. The summed E-state index contributed by atoms with van der Waals surface area (Å²) < 4.78 is 10.9. The van der Waals surface area contributed by atoms with Crippen molar-refractivity contribution in [3.8, 4) is 11.5 Å². The maximum atomic E-state index is 11.5. The Balaban J connectivity index is 2.20. The molecule has 0 aliphatic carbocycles. The number of rotatable bonds is 6. The molecule has 0 amide bonds. The Labute approximate surface area is 130 Å². The second-order valence-electron chi connectivity index (χ2n) is 5.21. The van der Waals surface area contributed by atoms with E-state index in [1.165, 1.54) is 0 Å². The lowest BCUT2D eigenvalue weighted by Crippen LogP contribution is -2.29. The number of methoxy groups -OCH3 is 1. The van der Waals surface area contributed by atoms with Gasteiger partial charge in [0.05, 0.1) is 7.11 Å². The SMILES string of the molecule is COc1ccccc1CC(Oc1ccc(C)c(C)c1)C(=O)O. The van der Waals surface area contributed by atoms with Gasteiger partial charge in [-0.25, -0.2) is 4.79 Å². The van der Waals surface area contributed by atoms with Crippen molar-refractivity contribution in [2.45, 2.75) is 26.4 Å². The predicted octanol–water partition coefficient (Wildman–Crippen LogP) is 3.39. The zero-order valence-electron chi connectivity index (χ0n) is 13.0. The molecule has 1 N–H and O–H groups in total. The normalized spacial score (nSPS) is 11.8. The average molecular weight is 300 g/mol. The Morgan fingerprint density at radius 1 is 1.14 bits per heavy atom. The molecule has 2 aromatic carbocycles. The minimum atomic E-state index is -0.996. The van der Waals surface area contributed by atoms with E-state index in [1.54, 1.807) is 13.2 Å². The standard InChI is InChI=1S/C18H20O4/c1-12-8-9-15(10-13(12)2)22-17(18(19)20)11-14-6-4-5-7-16(14)21-3/h4-10,17H,11H2,1-3H3,(H,19,20). The Kier molecular flexibility index (Phi) is 5.04. The summed E-state index contributed by atoms with van der Waals surface area (Å²) in [5.41, 5.74) is 3.02. The number of aliphatic carboxylic acids is 1. The fourth-order valence-electron chi connectivity index (χ4n) is 2.20. The number of hydrogen-bond donors (Lipinski definition) is 1. The zero-order valence-corrected chi connectivity index (χ0v) is 13.0. The number of carboxylic acids is 1. The number of carboxylic acid groups (broad SMARTS) is 1. The van der Waals surface area contributed by atoms with E-state index in [4.69, 9.17) is 9.47 Å². The van der Waals surface area contributed by atoms with Crippen LogP contribution in [-0.2, 0) is 11.2 Å². The van der Waals surface area contributed by atoms with E-state index < -0.39 is 12.1 Å². The quantitative estimate of drug-likeness (QED) is 0.888. The van der Waals surface area contributed by atoms with Crippen LogP contribution < -0.4 is 9.47 Å². The first-order valence-corrected chi connectivity index (χ1v) is 7.10. The van der Waals surface area contributed by atoms with Crippen LogP contribution in [0.25, 0.3) is 0 Å². The fraction of sp³-hybridized carbons (Fsp3) is 0.278. The van der Waals surface area contributed by atoms with Crippen molar-refractivity contribution in [2.75, 3.05) is 7.11 Å². The Bertz CT molecular complexity index is 664. The smallest absolute Gasteiger partial charge is 0.345 e. The Hall–Kier alpha value is -2.49. The van der Waals surface area contributed by atoms with E-state index >= 15 is 0 Å². The van der Waals surface area contributed by atoms with E-state index in [9.17, 15) is 9.90 Å². The molecule has 1 unspecified atom stereocenters. The van der Waals surface area contributed by atoms with Gasteiger partial charge in [0.2, 0.25) is 0 Å². The van der Waals surface area contributed by atoms with Gasteiger partial charge in [0.25, 0.3) is 0 Å². The highest BCUT2D eigenvalue weighted by Gasteiger charge is 2.22. The third-order valence-electron chi connectivity index (χ3n) is 3.63. The average Bonchev–Trinajstić information content (AvgIpc) is 2.50. The van der Waals surface area contributed by atoms with Crippen LogP contribution in [0.5, 0.6) is 11.5 Å². The van der Waals surface area contributed by atoms with Gasteiger partial charge in [-0.15, -0.1) is 0 Å². The van der Waals surface area contributed by atoms with Crippen molar-refractivity contribution in [1.29, 1.82) is 0 Å². The topological polar surface area (TPSA) is 55.8 Å². The van der Waals surface area contributed by atoms with Gasteiger partial charge in [0.1, 0.15) is 11.5 Å². The number of benzene rings is 2. The van der Waals surface area contributed by atoms with Gasteiger partial charge < -0.3 is 14.6 Å². The maximum absolute atomic E-state index is 11.5. The first kappa shape index (κ1) is 15.9. The number of aryl methyl sites for hydroxylation is 2. The summed E-state index contributed by atoms with van der Waals surface area (Å²) in [7, 11) is 1.57. The van der Waals surface area contributed by atoms with Crippen LogP contribution in [0.15, 0.2) is 42.5 Å². The van der Waals surface area contributed by atoms with E-state index in [-0.39, 0.29) is 6.42 Å². The molecule has 0 aliphatic heterocycles. The highest BCUT2D eigenvalue weighted by atomic mass is 16.5. The van der Waals surface area contributed by atoms with Gasteiger partial charge in [-0.1, -0.05) is 24.3 Å². The summed E-state index contributed by atoms with van der Waals surface area (Å²) in [6.07, 6.45) is -0.717. The van der Waals surface area contributed by atoms with E-state index in [0.29, 0.717) is 11.5 Å². The second kappa shape index (κ2) is 6.98. The molecule has 0 spiro atoms. The molecule has 0 saturated carbocycles. The highest BCUT2D eigenvalue weighted by Crippen LogP contribution is 2.22. The molecular formula is C18H20O4. The van der Waals surface area contributed by atoms with Gasteiger partial charge in [-0.3, -0.25) is 0 Å². The summed E-state index contributed by atoms with van der Waals surface area (Å²) in [6, 6.07) is 12.9. The third-order valence-corrected chi connectivity index (χ3v) is 3.63. The maximum Gasteiger partial charge on any atom is 0.345 e. The van der Waals surface area contributed by atoms with Gasteiger partial charge >= 0.3 is 5.97 Å². The lowest BCUT2D eigenvalue weighted by molar-refractivity contribution is -0.145. The molecular weight excluding hydrogens is 280 g/mol.